The number of anilines is 1. The van der Waals surface area contributed by atoms with Crippen LogP contribution in [0.5, 0.6) is 0 Å². The summed E-state index contributed by atoms with van der Waals surface area (Å²) in [7, 11) is 0. The summed E-state index contributed by atoms with van der Waals surface area (Å²) in [5.74, 6) is 0. The zero-order chi connectivity index (χ0) is 19.4. The summed E-state index contributed by atoms with van der Waals surface area (Å²) < 4.78 is 13.1. The van der Waals surface area contributed by atoms with Crippen LogP contribution in [0.2, 0.25) is 0 Å². The smallest absolute Gasteiger partial charge is 0.343 e. The van der Waals surface area contributed by atoms with Crippen LogP contribution in [0.4, 0.5) is 9.80 Å². The fourth-order valence-corrected chi connectivity index (χ4v) is 5.47. The van der Waals surface area contributed by atoms with Gasteiger partial charge in [-0.1, -0.05) is 0 Å². The maximum absolute atomic E-state index is 13.3. The van der Waals surface area contributed by atoms with E-state index >= 15 is 0 Å². The minimum absolute atomic E-state index is 0.0333. The van der Waals surface area contributed by atoms with Gasteiger partial charge in [-0.3, -0.25) is 14.8 Å². The molecule has 0 bridgehead atoms. The summed E-state index contributed by atoms with van der Waals surface area (Å²) in [6.45, 7) is 6.29. The highest BCUT2D eigenvalue weighted by atomic mass is 32.1. The molecule has 2 saturated heterocycles. The number of rotatable bonds is 5. The number of thiophene rings is 1. The third kappa shape index (κ3) is 2.78. The van der Waals surface area contributed by atoms with E-state index in [0.29, 0.717) is 19.6 Å². The number of ether oxygens (including phenoxy) is 2. The molecule has 2 aromatic rings. The normalized spacial score (nSPS) is 26.4. The van der Waals surface area contributed by atoms with Gasteiger partial charge in [0, 0.05) is 23.6 Å². The number of carbonyl (C=O) groups excluding carboxylic acids is 1. The first kappa shape index (κ1) is 17.9. The van der Waals surface area contributed by atoms with E-state index in [1.165, 1.54) is 11.0 Å². The number of hydrogen-bond donors (Lipinski definition) is 1. The number of H-pyrrole nitrogens is 1. The molecule has 2 amide bonds. The lowest BCUT2D eigenvalue weighted by Crippen LogP contribution is -2.46. The van der Waals surface area contributed by atoms with Gasteiger partial charge in [-0.05, 0) is 32.3 Å². The first-order valence-corrected chi connectivity index (χ1v) is 10.5. The summed E-state index contributed by atoms with van der Waals surface area (Å²) in [6.07, 6.45) is 3.14. The van der Waals surface area contributed by atoms with Gasteiger partial charge in [-0.2, -0.15) is 5.10 Å². The van der Waals surface area contributed by atoms with Gasteiger partial charge >= 0.3 is 11.7 Å². The first-order valence-electron chi connectivity index (χ1n) is 9.66. The van der Waals surface area contributed by atoms with Crippen molar-refractivity contribution in [3.05, 3.63) is 32.8 Å². The molecule has 0 saturated carbocycles. The zero-order valence-corrected chi connectivity index (χ0v) is 16.7. The Morgan fingerprint density at radius 1 is 1.39 bits per heavy atom. The van der Waals surface area contributed by atoms with Gasteiger partial charge in [-0.15, -0.1) is 11.3 Å². The quantitative estimate of drug-likeness (QED) is 0.766. The number of amides is 2. The molecule has 5 rings (SSSR count). The van der Waals surface area contributed by atoms with Crippen LogP contribution < -0.4 is 10.6 Å². The zero-order valence-electron chi connectivity index (χ0n) is 15.9. The lowest BCUT2D eigenvalue weighted by Gasteiger charge is -2.29. The van der Waals surface area contributed by atoms with Crippen LogP contribution in [0.1, 0.15) is 41.9 Å². The molecule has 2 fully saturated rings. The van der Waals surface area contributed by atoms with E-state index in [0.717, 1.165) is 40.5 Å². The second-order valence-electron chi connectivity index (χ2n) is 7.38. The number of hydrogen-bond acceptors (Lipinski definition) is 6. The molecule has 0 aromatic carbocycles. The summed E-state index contributed by atoms with van der Waals surface area (Å²) in [6, 6.07) is -0.0333. The van der Waals surface area contributed by atoms with Crippen molar-refractivity contribution in [3.63, 3.8) is 0 Å². The molecule has 5 heterocycles. The number of nitrogens with one attached hydrogen (secondary N) is 1. The van der Waals surface area contributed by atoms with Crippen LogP contribution in [-0.4, -0.2) is 57.7 Å². The Hall–Kier alpha value is -2.17. The summed E-state index contributed by atoms with van der Waals surface area (Å²) >= 11 is 1.55. The molecule has 3 atom stereocenters. The fraction of sp³-hybridized carbons (Fsp3) is 0.611. The summed E-state index contributed by atoms with van der Waals surface area (Å²) in [5.41, 5.74) is 1.90. The van der Waals surface area contributed by atoms with E-state index in [4.69, 9.17) is 9.47 Å². The molecular formula is C18H23N5O4S. The lowest BCUT2D eigenvalue weighted by molar-refractivity contribution is 0.113. The Balaban J connectivity index is 1.55. The van der Waals surface area contributed by atoms with Crippen LogP contribution in [-0.2, 0) is 16.0 Å². The fourth-order valence-electron chi connectivity index (χ4n) is 4.15. The van der Waals surface area contributed by atoms with Crippen molar-refractivity contribution in [3.8, 4) is 0 Å². The van der Waals surface area contributed by atoms with Crippen LogP contribution in [0, 0.1) is 6.92 Å². The molecule has 10 heteroatoms. The topological polar surface area (TPSA) is 96.0 Å². The van der Waals surface area contributed by atoms with Crippen molar-refractivity contribution in [1.29, 1.82) is 0 Å². The van der Waals surface area contributed by atoms with Gasteiger partial charge in [0.2, 0.25) is 0 Å². The highest BCUT2D eigenvalue weighted by Crippen LogP contribution is 2.53. The summed E-state index contributed by atoms with van der Waals surface area (Å²) in [5, 5.41) is 4.98. The minimum Gasteiger partial charge on any atom is -0.376 e. The molecule has 3 aliphatic heterocycles. The van der Waals surface area contributed by atoms with Gasteiger partial charge in [0.15, 0.2) is 6.23 Å². The molecule has 150 valence electrons. The predicted molar refractivity (Wildman–Crippen MR) is 103 cm³/mol. The maximum Gasteiger partial charge on any atom is 0.343 e. The van der Waals surface area contributed by atoms with Crippen molar-refractivity contribution < 1.29 is 14.3 Å². The van der Waals surface area contributed by atoms with E-state index < -0.39 is 0 Å². The molecule has 0 radical (unpaired) electrons. The molecule has 0 spiro atoms. The average Bonchev–Trinajstić information content (AvgIpc) is 3.00. The molecule has 9 nitrogen and oxygen atoms in total. The second-order valence-corrected chi connectivity index (χ2v) is 8.47. The molecule has 3 unspecified atom stereocenters. The van der Waals surface area contributed by atoms with Gasteiger partial charge in [-0.25, -0.2) is 14.3 Å². The first-order chi connectivity index (χ1) is 13.6. The van der Waals surface area contributed by atoms with Crippen molar-refractivity contribution in [2.24, 2.45) is 0 Å². The Kier molecular flexibility index (Phi) is 4.29. The van der Waals surface area contributed by atoms with Crippen LogP contribution >= 0.6 is 11.3 Å². The van der Waals surface area contributed by atoms with Crippen molar-refractivity contribution >= 4 is 22.4 Å². The highest BCUT2D eigenvalue weighted by Gasteiger charge is 2.53. The Morgan fingerprint density at radius 2 is 2.25 bits per heavy atom. The molecule has 1 N–H and O–H groups in total. The predicted octanol–water partition coefficient (Wildman–Crippen LogP) is 1.83. The van der Waals surface area contributed by atoms with Crippen LogP contribution in [0.15, 0.2) is 11.1 Å². The number of fused-ring (bicyclic) bond motifs is 3. The van der Waals surface area contributed by atoms with Gasteiger partial charge in [0.25, 0.3) is 0 Å². The van der Waals surface area contributed by atoms with E-state index in [1.807, 2.05) is 18.7 Å². The minimum atomic E-state index is -0.243. The Bertz CT molecular complexity index is 960. The van der Waals surface area contributed by atoms with Crippen molar-refractivity contribution in [1.82, 2.24) is 19.7 Å². The maximum atomic E-state index is 13.3. The van der Waals surface area contributed by atoms with E-state index in [2.05, 4.69) is 10.1 Å². The molecule has 0 aliphatic carbocycles. The number of nitrogens with zero attached hydrogens (tertiary/aromatic N) is 4. The largest absolute Gasteiger partial charge is 0.376 e. The number of carbonyl (C=O) groups is 1. The SMILES string of the molecule is CCN1C(=O)N(CC2CCCO2)c2sc(Cn3nc[nH]c3=O)c(C)c2C2OC21. The van der Waals surface area contributed by atoms with E-state index in [1.54, 1.807) is 16.2 Å². The lowest BCUT2D eigenvalue weighted by atomic mass is 10.1. The monoisotopic (exact) mass is 405 g/mol. The van der Waals surface area contributed by atoms with Crippen molar-refractivity contribution in [2.75, 3.05) is 24.6 Å². The summed E-state index contributed by atoms with van der Waals surface area (Å²) in [4.78, 5) is 32.4. The Morgan fingerprint density at radius 3 is 2.93 bits per heavy atom. The van der Waals surface area contributed by atoms with Gasteiger partial charge in [0.1, 0.15) is 17.4 Å². The van der Waals surface area contributed by atoms with Crippen LogP contribution in [0.3, 0.4) is 0 Å². The third-order valence-electron chi connectivity index (χ3n) is 5.72. The third-order valence-corrected chi connectivity index (χ3v) is 7.03. The highest BCUT2D eigenvalue weighted by molar-refractivity contribution is 7.16. The Labute approximate surface area is 165 Å². The number of likely N-dealkylation sites (N-methyl/N-ethyl adjacent to an activating group) is 1. The number of epoxide rings is 1. The average molecular weight is 405 g/mol. The van der Waals surface area contributed by atoms with Gasteiger partial charge < -0.3 is 9.47 Å². The van der Waals surface area contributed by atoms with Crippen LogP contribution in [0.25, 0.3) is 0 Å². The second kappa shape index (κ2) is 6.71. The number of aromatic nitrogens is 3. The number of urea groups is 1. The van der Waals surface area contributed by atoms with Crippen molar-refractivity contribution in [2.45, 2.75) is 51.7 Å². The standard InChI is InChI=1S/C18H23N5O4S/c1-3-21-15-14(27-15)13-10(2)12(8-23-17(24)19-9-20-23)28-16(13)22(18(21)25)7-11-5-4-6-26-11/h9,11,14-15H,3-8H2,1-2H3,(H,19,20,24). The molecule has 3 aliphatic rings. The van der Waals surface area contributed by atoms with E-state index in [9.17, 15) is 9.59 Å². The van der Waals surface area contributed by atoms with E-state index in [-0.39, 0.29) is 30.2 Å². The molecule has 2 aromatic heterocycles. The van der Waals surface area contributed by atoms with Gasteiger partial charge in [0.05, 0.1) is 19.2 Å². The molecule has 28 heavy (non-hydrogen) atoms. The number of aromatic amines is 1. The molecular weight excluding hydrogens is 382 g/mol.